The van der Waals surface area contributed by atoms with Gasteiger partial charge in [0, 0.05) is 17.9 Å². The number of benzene rings is 1. The molecule has 2 aliphatic rings. The van der Waals surface area contributed by atoms with Gasteiger partial charge in [-0.05, 0) is 31.2 Å². The van der Waals surface area contributed by atoms with Crippen molar-refractivity contribution in [2.45, 2.75) is 37.0 Å². The molecule has 1 N–H and O–H groups in total. The van der Waals surface area contributed by atoms with Crippen molar-refractivity contribution >= 4 is 35.2 Å². The molecule has 24 heavy (non-hydrogen) atoms. The van der Waals surface area contributed by atoms with Crippen LogP contribution in [-0.2, 0) is 14.4 Å². The van der Waals surface area contributed by atoms with Gasteiger partial charge in [-0.3, -0.25) is 19.3 Å². The second-order valence-corrected chi connectivity index (χ2v) is 7.17. The first-order valence-corrected chi connectivity index (χ1v) is 9.62. The van der Waals surface area contributed by atoms with Crippen molar-refractivity contribution in [2.24, 2.45) is 11.8 Å². The summed E-state index contributed by atoms with van der Waals surface area (Å²) in [5.74, 6) is -0.631. The monoisotopic (exact) mass is 346 g/mol. The Morgan fingerprint density at radius 1 is 1.17 bits per heavy atom. The fourth-order valence-corrected chi connectivity index (χ4v) is 4.18. The first-order valence-electron chi connectivity index (χ1n) is 8.40. The van der Waals surface area contributed by atoms with E-state index in [1.807, 2.05) is 30.5 Å². The van der Waals surface area contributed by atoms with Gasteiger partial charge in [0.2, 0.25) is 17.7 Å². The van der Waals surface area contributed by atoms with Gasteiger partial charge in [-0.1, -0.05) is 25.0 Å². The van der Waals surface area contributed by atoms with Crippen LogP contribution < -0.4 is 5.32 Å². The third-order valence-corrected chi connectivity index (χ3v) is 5.67. The molecule has 0 spiro atoms. The number of para-hydroxylation sites is 1. The zero-order valence-electron chi connectivity index (χ0n) is 13.8. The summed E-state index contributed by atoms with van der Waals surface area (Å²) in [5, 5.41) is 2.87. The molecule has 0 bridgehead atoms. The van der Waals surface area contributed by atoms with Crippen molar-refractivity contribution in [3.63, 3.8) is 0 Å². The maximum absolute atomic E-state index is 12.4. The second-order valence-electron chi connectivity index (χ2n) is 6.32. The number of likely N-dealkylation sites (tertiary alicyclic amines) is 1. The molecule has 1 aromatic rings. The lowest BCUT2D eigenvalue weighted by atomic mass is 9.81. The number of hydrogen-bond acceptors (Lipinski definition) is 4. The second kappa shape index (κ2) is 7.38. The molecule has 1 saturated heterocycles. The first-order chi connectivity index (χ1) is 11.6. The summed E-state index contributed by atoms with van der Waals surface area (Å²) < 4.78 is 0. The molecule has 0 unspecified atom stereocenters. The summed E-state index contributed by atoms with van der Waals surface area (Å²) in [7, 11) is 0. The third kappa shape index (κ3) is 3.34. The Kier molecular flexibility index (Phi) is 5.23. The third-order valence-electron chi connectivity index (χ3n) is 4.88. The molecular formula is C18H22N2O3S. The molecule has 1 aliphatic heterocycles. The number of rotatable bonds is 5. The maximum atomic E-state index is 12.4. The van der Waals surface area contributed by atoms with E-state index in [4.69, 9.17) is 0 Å². The van der Waals surface area contributed by atoms with Gasteiger partial charge in [0.05, 0.1) is 17.5 Å². The van der Waals surface area contributed by atoms with Crippen molar-refractivity contribution < 1.29 is 14.4 Å². The highest BCUT2D eigenvalue weighted by Crippen LogP contribution is 2.38. The van der Waals surface area contributed by atoms with E-state index in [9.17, 15) is 14.4 Å². The van der Waals surface area contributed by atoms with E-state index in [0.29, 0.717) is 0 Å². The molecule has 3 amide bonds. The van der Waals surface area contributed by atoms with E-state index in [-0.39, 0.29) is 42.5 Å². The van der Waals surface area contributed by atoms with E-state index in [0.717, 1.165) is 36.3 Å². The zero-order chi connectivity index (χ0) is 17.1. The summed E-state index contributed by atoms with van der Waals surface area (Å²) in [4.78, 5) is 39.3. The van der Waals surface area contributed by atoms with E-state index in [1.165, 1.54) is 4.90 Å². The minimum atomic E-state index is -0.174. The number of carbonyl (C=O) groups is 3. The molecule has 2 atom stereocenters. The van der Waals surface area contributed by atoms with E-state index < -0.39 is 0 Å². The topological polar surface area (TPSA) is 66.5 Å². The van der Waals surface area contributed by atoms with Crippen LogP contribution in [0.3, 0.4) is 0 Å². The molecule has 2 fully saturated rings. The minimum absolute atomic E-state index is 0.0815. The number of fused-ring (bicyclic) bond motifs is 1. The lowest BCUT2D eigenvalue weighted by Gasteiger charge is -2.19. The maximum Gasteiger partial charge on any atom is 0.233 e. The SMILES string of the molecule is CSc1ccccc1NC(=O)CCN1C(=O)[C@@H]2CCCC[C@H]2C1=O. The Balaban J connectivity index is 1.58. The number of nitrogens with one attached hydrogen (secondary N) is 1. The van der Waals surface area contributed by atoms with Crippen LogP contribution in [0.25, 0.3) is 0 Å². The quantitative estimate of drug-likeness (QED) is 0.658. The van der Waals surface area contributed by atoms with E-state index in [1.54, 1.807) is 11.8 Å². The van der Waals surface area contributed by atoms with Crippen LogP contribution >= 0.6 is 11.8 Å². The number of nitrogens with zero attached hydrogens (tertiary/aromatic N) is 1. The summed E-state index contributed by atoms with van der Waals surface area (Å²) >= 11 is 1.56. The minimum Gasteiger partial charge on any atom is -0.325 e. The van der Waals surface area contributed by atoms with Gasteiger partial charge in [0.25, 0.3) is 0 Å². The molecule has 128 valence electrons. The summed E-state index contributed by atoms with van der Waals surface area (Å²) in [6, 6.07) is 7.58. The lowest BCUT2D eigenvalue weighted by molar-refractivity contribution is -0.140. The van der Waals surface area contributed by atoms with Crippen LogP contribution in [0.2, 0.25) is 0 Å². The Labute approximate surface area is 146 Å². The number of carbonyl (C=O) groups excluding carboxylic acids is 3. The van der Waals surface area contributed by atoms with Crippen LogP contribution in [0.1, 0.15) is 32.1 Å². The van der Waals surface area contributed by atoms with Crippen LogP contribution in [0.15, 0.2) is 29.2 Å². The largest absolute Gasteiger partial charge is 0.325 e. The molecule has 1 aliphatic carbocycles. The van der Waals surface area contributed by atoms with E-state index in [2.05, 4.69) is 5.32 Å². The number of thioether (sulfide) groups is 1. The molecule has 5 nitrogen and oxygen atoms in total. The number of hydrogen-bond donors (Lipinski definition) is 1. The summed E-state index contributed by atoms with van der Waals surface area (Å²) in [6.45, 7) is 0.179. The highest BCUT2D eigenvalue weighted by molar-refractivity contribution is 7.98. The normalized spacial score (nSPS) is 23.3. The molecule has 0 aromatic heterocycles. The fraction of sp³-hybridized carbons (Fsp3) is 0.500. The summed E-state index contributed by atoms with van der Waals surface area (Å²) in [6.07, 6.45) is 5.73. The van der Waals surface area contributed by atoms with Gasteiger partial charge in [-0.15, -0.1) is 11.8 Å². The smallest absolute Gasteiger partial charge is 0.233 e. The van der Waals surface area contributed by atoms with Gasteiger partial charge in [0.1, 0.15) is 0 Å². The number of imide groups is 1. The Morgan fingerprint density at radius 3 is 2.42 bits per heavy atom. The predicted molar refractivity (Wildman–Crippen MR) is 93.6 cm³/mol. The van der Waals surface area contributed by atoms with E-state index >= 15 is 0 Å². The molecule has 1 saturated carbocycles. The van der Waals surface area contributed by atoms with Crippen LogP contribution in [0.4, 0.5) is 5.69 Å². The van der Waals surface area contributed by atoms with Crippen LogP contribution in [0.5, 0.6) is 0 Å². The van der Waals surface area contributed by atoms with Crippen molar-refractivity contribution in [3.05, 3.63) is 24.3 Å². The molecule has 1 aromatic carbocycles. The molecule has 1 heterocycles. The molecule has 3 rings (SSSR count). The lowest BCUT2D eigenvalue weighted by Crippen LogP contribution is -2.34. The van der Waals surface area contributed by atoms with Gasteiger partial charge in [0.15, 0.2) is 0 Å². The highest BCUT2D eigenvalue weighted by Gasteiger charge is 2.47. The van der Waals surface area contributed by atoms with Crippen molar-refractivity contribution in [1.82, 2.24) is 4.90 Å². The van der Waals surface area contributed by atoms with Gasteiger partial charge >= 0.3 is 0 Å². The Bertz CT molecular complexity index is 637. The zero-order valence-corrected chi connectivity index (χ0v) is 14.6. The van der Waals surface area contributed by atoms with Gasteiger partial charge in [-0.25, -0.2) is 0 Å². The predicted octanol–water partition coefficient (Wildman–Crippen LogP) is 2.91. The van der Waals surface area contributed by atoms with Crippen LogP contribution in [0, 0.1) is 11.8 Å². The Morgan fingerprint density at radius 2 is 1.79 bits per heavy atom. The molecule has 6 heteroatoms. The first kappa shape index (κ1) is 17.0. The number of amides is 3. The molecule has 0 radical (unpaired) electrons. The Hall–Kier alpha value is -1.82. The number of anilines is 1. The van der Waals surface area contributed by atoms with Gasteiger partial charge in [-0.2, -0.15) is 0 Å². The van der Waals surface area contributed by atoms with Gasteiger partial charge < -0.3 is 5.32 Å². The van der Waals surface area contributed by atoms with Crippen molar-refractivity contribution in [2.75, 3.05) is 18.1 Å². The van der Waals surface area contributed by atoms with Crippen molar-refractivity contribution in [1.29, 1.82) is 0 Å². The average Bonchev–Trinajstić information content (AvgIpc) is 2.85. The van der Waals surface area contributed by atoms with Crippen LogP contribution in [-0.4, -0.2) is 35.4 Å². The molecular weight excluding hydrogens is 324 g/mol. The summed E-state index contributed by atoms with van der Waals surface area (Å²) in [5.41, 5.74) is 0.766. The standard InChI is InChI=1S/C18H22N2O3S/c1-24-15-9-5-4-8-14(15)19-16(21)10-11-20-17(22)12-6-2-3-7-13(12)18(20)23/h4-5,8-9,12-13H,2-3,6-7,10-11H2,1H3,(H,19,21)/t12-,13-/m1/s1. The highest BCUT2D eigenvalue weighted by atomic mass is 32.2. The fourth-order valence-electron chi connectivity index (χ4n) is 3.63. The average molecular weight is 346 g/mol. The van der Waals surface area contributed by atoms with Crippen molar-refractivity contribution in [3.8, 4) is 0 Å².